The normalized spacial score (nSPS) is 10.2. The van der Waals surface area contributed by atoms with Gasteiger partial charge >= 0.3 is 0 Å². The Morgan fingerprint density at radius 1 is 0.958 bits per heavy atom. The molecule has 24 heavy (non-hydrogen) atoms. The van der Waals surface area contributed by atoms with Crippen LogP contribution in [-0.2, 0) is 6.54 Å². The maximum atomic E-state index is 12.1. The molecule has 1 heterocycles. The van der Waals surface area contributed by atoms with Crippen molar-refractivity contribution in [2.75, 3.05) is 5.32 Å². The molecule has 5 nitrogen and oxygen atoms in total. The predicted octanol–water partition coefficient (Wildman–Crippen LogP) is 3.91. The number of amides is 1. The fourth-order valence-electron chi connectivity index (χ4n) is 2.06. The van der Waals surface area contributed by atoms with Crippen LogP contribution >= 0.6 is 15.9 Å². The first-order valence-corrected chi connectivity index (χ1v) is 8.17. The fraction of sp³-hybridized carbons (Fsp3) is 0.0556. The lowest BCUT2D eigenvalue weighted by atomic mass is 10.2. The molecule has 1 amide bonds. The van der Waals surface area contributed by atoms with Crippen molar-refractivity contribution in [3.63, 3.8) is 0 Å². The van der Waals surface area contributed by atoms with Crippen molar-refractivity contribution in [1.29, 1.82) is 0 Å². The molecule has 0 unspecified atom stereocenters. The third kappa shape index (κ3) is 4.39. The molecule has 0 aliphatic rings. The monoisotopic (exact) mass is 382 g/mol. The van der Waals surface area contributed by atoms with Crippen LogP contribution in [0.1, 0.15) is 16.1 Å². The lowest BCUT2D eigenvalue weighted by Crippen LogP contribution is -2.24. The lowest BCUT2D eigenvalue weighted by Gasteiger charge is -2.07. The summed E-state index contributed by atoms with van der Waals surface area (Å²) < 4.78 is 1.00. The van der Waals surface area contributed by atoms with Crippen molar-refractivity contribution in [3.05, 3.63) is 82.7 Å². The van der Waals surface area contributed by atoms with Crippen LogP contribution in [0.15, 0.2) is 71.5 Å². The van der Waals surface area contributed by atoms with Crippen LogP contribution < -0.4 is 10.6 Å². The largest absolute Gasteiger partial charge is 0.347 e. The fourth-order valence-corrected chi connectivity index (χ4v) is 2.32. The quantitative estimate of drug-likeness (QED) is 0.701. The minimum atomic E-state index is -0.249. The number of carbonyl (C=O) groups is 1. The molecular weight excluding hydrogens is 368 g/mol. The summed E-state index contributed by atoms with van der Waals surface area (Å²) in [5, 5.41) is 5.95. The second-order valence-electron chi connectivity index (χ2n) is 5.09. The standard InChI is InChI=1S/C18H15BrN4O/c19-14-6-8-15(9-7-14)23-17-12-20-16(11-21-17)18(24)22-10-13-4-2-1-3-5-13/h1-9,11-12H,10H2,(H,21,23)(H,22,24). The molecule has 0 bridgehead atoms. The van der Waals surface area contributed by atoms with Crippen molar-refractivity contribution in [2.45, 2.75) is 6.54 Å². The van der Waals surface area contributed by atoms with Crippen LogP contribution in [0.4, 0.5) is 11.5 Å². The number of halogens is 1. The molecule has 0 radical (unpaired) electrons. The van der Waals surface area contributed by atoms with E-state index in [2.05, 4.69) is 36.5 Å². The van der Waals surface area contributed by atoms with Gasteiger partial charge in [-0.25, -0.2) is 9.97 Å². The molecule has 120 valence electrons. The average molecular weight is 383 g/mol. The van der Waals surface area contributed by atoms with E-state index in [-0.39, 0.29) is 11.6 Å². The highest BCUT2D eigenvalue weighted by atomic mass is 79.9. The molecule has 2 N–H and O–H groups in total. The first-order chi connectivity index (χ1) is 11.7. The highest BCUT2D eigenvalue weighted by molar-refractivity contribution is 9.10. The van der Waals surface area contributed by atoms with Gasteiger partial charge in [-0.2, -0.15) is 0 Å². The number of nitrogens with one attached hydrogen (secondary N) is 2. The Balaban J connectivity index is 1.59. The van der Waals surface area contributed by atoms with Crippen LogP contribution in [0, 0.1) is 0 Å². The highest BCUT2D eigenvalue weighted by Crippen LogP contribution is 2.17. The zero-order chi connectivity index (χ0) is 16.8. The predicted molar refractivity (Wildman–Crippen MR) is 97.1 cm³/mol. The number of hydrogen-bond donors (Lipinski definition) is 2. The van der Waals surface area contributed by atoms with Crippen molar-refractivity contribution in [2.24, 2.45) is 0 Å². The van der Waals surface area contributed by atoms with Gasteiger partial charge in [-0.15, -0.1) is 0 Å². The third-order valence-corrected chi connectivity index (χ3v) is 3.83. The minimum absolute atomic E-state index is 0.249. The maximum absolute atomic E-state index is 12.1. The van der Waals surface area contributed by atoms with E-state index in [4.69, 9.17) is 0 Å². The molecule has 0 fully saturated rings. The Kier molecular flexibility index (Phi) is 5.18. The zero-order valence-electron chi connectivity index (χ0n) is 12.7. The smallest absolute Gasteiger partial charge is 0.271 e. The first kappa shape index (κ1) is 16.1. The Morgan fingerprint density at radius 2 is 1.71 bits per heavy atom. The van der Waals surface area contributed by atoms with Gasteiger partial charge in [0.25, 0.3) is 5.91 Å². The van der Waals surface area contributed by atoms with Crippen LogP contribution in [0.2, 0.25) is 0 Å². The van der Waals surface area contributed by atoms with Crippen LogP contribution in [0.25, 0.3) is 0 Å². The van der Waals surface area contributed by atoms with Gasteiger partial charge in [0.1, 0.15) is 11.5 Å². The van der Waals surface area contributed by atoms with E-state index in [1.165, 1.54) is 6.20 Å². The molecule has 2 aromatic carbocycles. The van der Waals surface area contributed by atoms with Gasteiger partial charge in [-0.05, 0) is 29.8 Å². The molecular formula is C18H15BrN4O. The molecule has 3 aromatic rings. The zero-order valence-corrected chi connectivity index (χ0v) is 14.3. The third-order valence-electron chi connectivity index (χ3n) is 3.30. The van der Waals surface area contributed by atoms with Crippen molar-refractivity contribution in [3.8, 4) is 0 Å². The second kappa shape index (κ2) is 7.70. The first-order valence-electron chi connectivity index (χ1n) is 7.37. The Labute approximate surface area is 148 Å². The van der Waals surface area contributed by atoms with Crippen molar-refractivity contribution >= 4 is 33.3 Å². The number of anilines is 2. The van der Waals surface area contributed by atoms with Gasteiger partial charge in [-0.1, -0.05) is 46.3 Å². The molecule has 0 atom stereocenters. The molecule has 0 aliphatic carbocycles. The Hall–Kier alpha value is -2.73. The van der Waals surface area contributed by atoms with E-state index in [1.807, 2.05) is 54.6 Å². The highest BCUT2D eigenvalue weighted by Gasteiger charge is 2.07. The van der Waals surface area contributed by atoms with E-state index in [9.17, 15) is 4.79 Å². The minimum Gasteiger partial charge on any atom is -0.347 e. The average Bonchev–Trinajstić information content (AvgIpc) is 2.63. The van der Waals surface area contributed by atoms with Gasteiger partial charge in [0.15, 0.2) is 0 Å². The summed E-state index contributed by atoms with van der Waals surface area (Å²) in [7, 11) is 0. The summed E-state index contributed by atoms with van der Waals surface area (Å²) in [5.41, 5.74) is 2.22. The summed E-state index contributed by atoms with van der Waals surface area (Å²) in [6.07, 6.45) is 3.00. The van der Waals surface area contributed by atoms with Gasteiger partial charge in [0.05, 0.1) is 12.4 Å². The number of aromatic nitrogens is 2. The Morgan fingerprint density at radius 3 is 2.38 bits per heavy atom. The molecule has 0 saturated heterocycles. The number of benzene rings is 2. The van der Waals surface area contributed by atoms with Crippen LogP contribution in [-0.4, -0.2) is 15.9 Å². The van der Waals surface area contributed by atoms with Crippen LogP contribution in [0.5, 0.6) is 0 Å². The van der Waals surface area contributed by atoms with Crippen LogP contribution in [0.3, 0.4) is 0 Å². The van der Waals surface area contributed by atoms with E-state index in [1.54, 1.807) is 6.20 Å². The summed E-state index contributed by atoms with van der Waals surface area (Å²) in [6, 6.07) is 17.4. The van der Waals surface area contributed by atoms with Gasteiger partial charge < -0.3 is 10.6 Å². The SMILES string of the molecule is O=C(NCc1ccccc1)c1cnc(Nc2ccc(Br)cc2)cn1. The second-order valence-corrected chi connectivity index (χ2v) is 6.00. The van der Waals surface area contributed by atoms with E-state index in [0.717, 1.165) is 15.7 Å². The summed E-state index contributed by atoms with van der Waals surface area (Å²) in [6.45, 7) is 0.459. The van der Waals surface area contributed by atoms with Gasteiger partial charge in [0, 0.05) is 16.7 Å². The Bertz CT molecular complexity index is 805. The van der Waals surface area contributed by atoms with E-state index >= 15 is 0 Å². The topological polar surface area (TPSA) is 66.9 Å². The van der Waals surface area contributed by atoms with Gasteiger partial charge in [0.2, 0.25) is 0 Å². The van der Waals surface area contributed by atoms with E-state index in [0.29, 0.717) is 12.4 Å². The van der Waals surface area contributed by atoms with Crippen molar-refractivity contribution in [1.82, 2.24) is 15.3 Å². The number of hydrogen-bond acceptors (Lipinski definition) is 4. The lowest BCUT2D eigenvalue weighted by molar-refractivity contribution is 0.0945. The number of nitrogens with zero attached hydrogens (tertiary/aromatic N) is 2. The maximum Gasteiger partial charge on any atom is 0.271 e. The molecule has 1 aromatic heterocycles. The van der Waals surface area contributed by atoms with Crippen molar-refractivity contribution < 1.29 is 4.79 Å². The molecule has 3 rings (SSSR count). The summed E-state index contributed by atoms with van der Waals surface area (Å²) in [5.74, 6) is 0.332. The molecule has 0 spiro atoms. The molecule has 0 saturated carbocycles. The number of carbonyl (C=O) groups excluding carboxylic acids is 1. The molecule has 0 aliphatic heterocycles. The van der Waals surface area contributed by atoms with E-state index < -0.39 is 0 Å². The summed E-state index contributed by atoms with van der Waals surface area (Å²) in [4.78, 5) is 20.5. The summed E-state index contributed by atoms with van der Waals surface area (Å²) >= 11 is 3.39. The molecule has 6 heteroatoms. The van der Waals surface area contributed by atoms with Gasteiger partial charge in [-0.3, -0.25) is 4.79 Å². The number of rotatable bonds is 5.